The molecule has 1 unspecified atom stereocenters. The number of hydrogen-bond donors (Lipinski definition) is 1. The molecule has 0 heterocycles. The lowest BCUT2D eigenvalue weighted by molar-refractivity contribution is -0.338. The standard InChI is InChI=1S/C10H15NS/c1-3-12(8-11)10-6-4-9(2)5-7-10/h3-7H,8,11H2,1-2H3/p+1. The van der Waals surface area contributed by atoms with E-state index in [-0.39, 0.29) is 10.5 Å². The molecular formula is C10H16NS+. The van der Waals surface area contributed by atoms with Crippen molar-refractivity contribution >= 4 is 15.9 Å². The normalized spacial score (nSPS) is 13.2. The molecule has 0 saturated carbocycles. The van der Waals surface area contributed by atoms with E-state index in [2.05, 4.69) is 49.2 Å². The summed E-state index contributed by atoms with van der Waals surface area (Å²) in [5.41, 5.74) is 5.26. The molecule has 1 atom stereocenters. The van der Waals surface area contributed by atoms with Crippen LogP contribution in [0.4, 0.5) is 0 Å². The van der Waals surface area contributed by atoms with Crippen molar-refractivity contribution in [3.8, 4) is 0 Å². The molecule has 0 bridgehead atoms. The van der Waals surface area contributed by atoms with Gasteiger partial charge in [0.1, 0.15) is 5.88 Å². The van der Waals surface area contributed by atoms with E-state index in [4.69, 9.17) is 0 Å². The molecule has 0 saturated heterocycles. The molecule has 0 radical (unpaired) electrons. The van der Waals surface area contributed by atoms with E-state index in [1.807, 2.05) is 0 Å². The lowest BCUT2D eigenvalue weighted by Gasteiger charge is -2.03. The summed E-state index contributed by atoms with van der Waals surface area (Å²) in [4.78, 5) is 1.40. The molecule has 1 nitrogen and oxygen atoms in total. The quantitative estimate of drug-likeness (QED) is 0.674. The highest BCUT2D eigenvalue weighted by Crippen LogP contribution is 2.23. The molecule has 0 fully saturated rings. The van der Waals surface area contributed by atoms with Crippen LogP contribution >= 0.6 is 10.5 Å². The zero-order chi connectivity index (χ0) is 8.97. The predicted octanol–water partition coefficient (Wildman–Crippen LogP) is 1.64. The third-order valence-corrected chi connectivity index (χ3v) is 3.71. The van der Waals surface area contributed by atoms with Gasteiger partial charge in [-0.25, -0.2) is 0 Å². The van der Waals surface area contributed by atoms with Crippen LogP contribution in [0.15, 0.2) is 29.2 Å². The van der Waals surface area contributed by atoms with Crippen LogP contribution in [0.5, 0.6) is 0 Å². The molecule has 0 aliphatic carbocycles. The van der Waals surface area contributed by atoms with Gasteiger partial charge in [-0.05, 0) is 26.0 Å². The first kappa shape index (κ1) is 9.49. The van der Waals surface area contributed by atoms with Crippen molar-refractivity contribution in [1.82, 2.24) is 0 Å². The van der Waals surface area contributed by atoms with Gasteiger partial charge in [-0.2, -0.15) is 0 Å². The second kappa shape index (κ2) is 4.43. The van der Waals surface area contributed by atoms with Crippen molar-refractivity contribution in [3.63, 3.8) is 0 Å². The summed E-state index contributed by atoms with van der Waals surface area (Å²) in [6, 6.07) is 8.72. The van der Waals surface area contributed by atoms with Crippen molar-refractivity contribution in [2.45, 2.75) is 18.7 Å². The van der Waals surface area contributed by atoms with Crippen LogP contribution < -0.4 is 5.73 Å². The summed E-state index contributed by atoms with van der Waals surface area (Å²) in [5.74, 6) is 0.972. The highest BCUT2D eigenvalue weighted by atomic mass is 32.2. The lowest BCUT2D eigenvalue weighted by Crippen LogP contribution is -2.49. The highest BCUT2D eigenvalue weighted by molar-refractivity contribution is 8.14. The molecule has 12 heavy (non-hydrogen) atoms. The van der Waals surface area contributed by atoms with Gasteiger partial charge < -0.3 is 5.73 Å². The van der Waals surface area contributed by atoms with Crippen molar-refractivity contribution in [2.75, 3.05) is 5.88 Å². The summed E-state index contributed by atoms with van der Waals surface area (Å²) in [6.07, 6.45) is 0. The largest absolute Gasteiger partial charge is 0.349 e. The predicted molar refractivity (Wildman–Crippen MR) is 56.5 cm³/mol. The van der Waals surface area contributed by atoms with Gasteiger partial charge in [-0.1, -0.05) is 23.1 Å². The van der Waals surface area contributed by atoms with Crippen LogP contribution in [0, 0.1) is 6.92 Å². The number of quaternary nitrogens is 1. The average Bonchev–Trinajstić information content (AvgIpc) is 2.10. The Morgan fingerprint density at radius 1 is 1.33 bits per heavy atom. The molecule has 0 aromatic heterocycles. The molecule has 66 valence electrons. The van der Waals surface area contributed by atoms with Gasteiger partial charge >= 0.3 is 0 Å². The van der Waals surface area contributed by atoms with Gasteiger partial charge in [0, 0.05) is 4.90 Å². The molecule has 1 aromatic rings. The first-order valence-electron chi connectivity index (χ1n) is 4.13. The van der Waals surface area contributed by atoms with Crippen molar-refractivity contribution in [2.24, 2.45) is 0 Å². The zero-order valence-corrected chi connectivity index (χ0v) is 8.53. The van der Waals surface area contributed by atoms with E-state index in [1.54, 1.807) is 0 Å². The minimum Gasteiger partial charge on any atom is -0.349 e. The highest BCUT2D eigenvalue weighted by Gasteiger charge is 1.96. The Balaban J connectivity index is 2.96. The monoisotopic (exact) mass is 182 g/mol. The van der Waals surface area contributed by atoms with Crippen molar-refractivity contribution in [3.05, 3.63) is 29.8 Å². The van der Waals surface area contributed by atoms with Crippen LogP contribution in [0.1, 0.15) is 12.5 Å². The van der Waals surface area contributed by atoms with E-state index in [0.717, 1.165) is 5.88 Å². The molecule has 0 amide bonds. The van der Waals surface area contributed by atoms with Gasteiger partial charge in [0.05, 0.1) is 0 Å². The molecule has 2 heteroatoms. The number of hydrogen-bond acceptors (Lipinski definition) is 0. The van der Waals surface area contributed by atoms with E-state index in [9.17, 15) is 0 Å². The van der Waals surface area contributed by atoms with Crippen LogP contribution in [-0.2, 0) is 0 Å². The molecule has 1 aromatic carbocycles. The Kier molecular flexibility index (Phi) is 3.50. The summed E-state index contributed by atoms with van der Waals surface area (Å²) in [5, 5.41) is 2.23. The van der Waals surface area contributed by atoms with E-state index in [1.165, 1.54) is 10.5 Å². The Labute approximate surface area is 76.5 Å². The first-order valence-corrected chi connectivity index (χ1v) is 5.58. The molecule has 3 N–H and O–H groups in total. The molecular weight excluding hydrogens is 166 g/mol. The van der Waals surface area contributed by atoms with Crippen LogP contribution in [0.2, 0.25) is 0 Å². The fourth-order valence-corrected chi connectivity index (χ4v) is 2.31. The van der Waals surface area contributed by atoms with Crippen LogP contribution in [0.25, 0.3) is 0 Å². The topological polar surface area (TPSA) is 27.6 Å². The zero-order valence-electron chi connectivity index (χ0n) is 7.71. The van der Waals surface area contributed by atoms with E-state index >= 15 is 0 Å². The Morgan fingerprint density at radius 3 is 2.33 bits per heavy atom. The fourth-order valence-electron chi connectivity index (χ4n) is 1.08. The van der Waals surface area contributed by atoms with Crippen LogP contribution in [-0.4, -0.2) is 11.2 Å². The molecule has 0 aliphatic rings. The maximum atomic E-state index is 3.94. The maximum absolute atomic E-state index is 3.94. The van der Waals surface area contributed by atoms with Gasteiger partial charge in [-0.15, -0.1) is 10.5 Å². The minimum absolute atomic E-state index is 0.254. The SMILES string of the molecule is CC=S(C[NH3+])c1ccc(C)cc1. The summed E-state index contributed by atoms with van der Waals surface area (Å²) in [6.45, 7) is 4.22. The third-order valence-electron chi connectivity index (χ3n) is 1.83. The average molecular weight is 182 g/mol. The van der Waals surface area contributed by atoms with Crippen molar-refractivity contribution in [1.29, 1.82) is 0 Å². The Hall–Kier alpha value is -0.600. The number of aryl methyl sites for hydroxylation is 1. The summed E-state index contributed by atoms with van der Waals surface area (Å²) in [7, 11) is 0.254. The molecule has 1 rings (SSSR count). The second-order valence-corrected chi connectivity index (χ2v) is 4.89. The van der Waals surface area contributed by atoms with Gasteiger partial charge in [0.15, 0.2) is 0 Å². The Morgan fingerprint density at radius 2 is 1.92 bits per heavy atom. The number of rotatable bonds is 2. The van der Waals surface area contributed by atoms with E-state index < -0.39 is 0 Å². The van der Waals surface area contributed by atoms with Crippen LogP contribution in [0.3, 0.4) is 0 Å². The maximum Gasteiger partial charge on any atom is 0.120 e. The van der Waals surface area contributed by atoms with E-state index in [0.29, 0.717) is 0 Å². The fraction of sp³-hybridized carbons (Fsp3) is 0.300. The van der Waals surface area contributed by atoms with Gasteiger partial charge in [0.25, 0.3) is 0 Å². The van der Waals surface area contributed by atoms with Crippen molar-refractivity contribution < 1.29 is 5.73 Å². The minimum atomic E-state index is 0.254. The first-order chi connectivity index (χ1) is 5.77. The Bertz CT molecular complexity index is 274. The molecule has 0 aliphatic heterocycles. The molecule has 0 spiro atoms. The smallest absolute Gasteiger partial charge is 0.120 e. The summed E-state index contributed by atoms with van der Waals surface area (Å²) >= 11 is 0. The number of benzene rings is 1. The second-order valence-electron chi connectivity index (χ2n) is 2.68. The van der Waals surface area contributed by atoms with Gasteiger partial charge in [0.2, 0.25) is 0 Å². The lowest BCUT2D eigenvalue weighted by atomic mass is 10.2. The van der Waals surface area contributed by atoms with Gasteiger partial charge in [-0.3, -0.25) is 0 Å². The third kappa shape index (κ3) is 2.19. The summed E-state index contributed by atoms with van der Waals surface area (Å²) < 4.78 is 0.